The van der Waals surface area contributed by atoms with Crippen molar-refractivity contribution in [2.24, 2.45) is 5.73 Å². The predicted molar refractivity (Wildman–Crippen MR) is 78.6 cm³/mol. The third-order valence-corrected chi connectivity index (χ3v) is 2.96. The first kappa shape index (κ1) is 13.3. The summed E-state index contributed by atoms with van der Waals surface area (Å²) < 4.78 is 0. The molecule has 0 aromatic heterocycles. The van der Waals surface area contributed by atoms with E-state index in [1.807, 2.05) is 38.1 Å². The molecule has 2 nitrogen and oxygen atoms in total. The van der Waals surface area contributed by atoms with E-state index in [1.165, 1.54) is 5.56 Å². The van der Waals surface area contributed by atoms with E-state index in [2.05, 4.69) is 30.3 Å². The predicted octanol–water partition coefficient (Wildman–Crippen LogP) is 3.51. The molecule has 0 heterocycles. The number of hydrogen-bond donors (Lipinski definition) is 1. The maximum Gasteiger partial charge on any atom is 0.0991 e. The maximum absolute atomic E-state index is 8.78. The van der Waals surface area contributed by atoms with Crippen LogP contribution in [-0.4, -0.2) is 5.54 Å². The van der Waals surface area contributed by atoms with Crippen LogP contribution in [0.25, 0.3) is 11.1 Å². The molecule has 0 aliphatic carbocycles. The fourth-order valence-corrected chi connectivity index (χ4v) is 2.08. The third-order valence-electron chi connectivity index (χ3n) is 2.96. The Morgan fingerprint density at radius 3 is 1.84 bits per heavy atom. The number of nitrogens with two attached hydrogens (primary N) is 1. The second kappa shape index (κ2) is 5.26. The minimum Gasteiger partial charge on any atom is -0.325 e. The second-order valence-corrected chi connectivity index (χ2v) is 5.55. The Kier molecular flexibility index (Phi) is 3.69. The molecule has 0 aliphatic rings. The van der Waals surface area contributed by atoms with Crippen LogP contribution in [0, 0.1) is 11.3 Å². The van der Waals surface area contributed by atoms with Crippen molar-refractivity contribution in [3.05, 3.63) is 59.7 Å². The van der Waals surface area contributed by atoms with Gasteiger partial charge >= 0.3 is 0 Å². The lowest BCUT2D eigenvalue weighted by Crippen LogP contribution is -2.34. The normalized spacial score (nSPS) is 11.1. The smallest absolute Gasteiger partial charge is 0.0991 e. The van der Waals surface area contributed by atoms with E-state index in [0.29, 0.717) is 5.56 Å². The van der Waals surface area contributed by atoms with Crippen LogP contribution in [0.1, 0.15) is 25.0 Å². The van der Waals surface area contributed by atoms with Crippen molar-refractivity contribution < 1.29 is 0 Å². The minimum atomic E-state index is -0.185. The Bertz CT molecular complexity index is 581. The highest BCUT2D eigenvalue weighted by Crippen LogP contribution is 2.21. The maximum atomic E-state index is 8.78. The molecule has 0 amide bonds. The van der Waals surface area contributed by atoms with Crippen LogP contribution in [0.3, 0.4) is 0 Å². The average Bonchev–Trinajstić information content (AvgIpc) is 2.38. The highest BCUT2D eigenvalue weighted by atomic mass is 14.7. The van der Waals surface area contributed by atoms with Gasteiger partial charge in [-0.1, -0.05) is 36.4 Å². The molecule has 0 fully saturated rings. The summed E-state index contributed by atoms with van der Waals surface area (Å²) in [6.07, 6.45) is 0.862. The van der Waals surface area contributed by atoms with Crippen LogP contribution in [0.15, 0.2) is 48.5 Å². The first-order chi connectivity index (χ1) is 8.98. The van der Waals surface area contributed by atoms with Crippen molar-refractivity contribution in [2.75, 3.05) is 0 Å². The van der Waals surface area contributed by atoms with E-state index in [4.69, 9.17) is 11.0 Å². The molecule has 0 aliphatic heterocycles. The van der Waals surface area contributed by atoms with Gasteiger partial charge in [0.1, 0.15) is 0 Å². The lowest BCUT2D eigenvalue weighted by atomic mass is 9.94. The van der Waals surface area contributed by atoms with Crippen LogP contribution < -0.4 is 5.73 Å². The van der Waals surface area contributed by atoms with Crippen molar-refractivity contribution in [1.29, 1.82) is 5.26 Å². The molecule has 2 rings (SSSR count). The minimum absolute atomic E-state index is 0.185. The largest absolute Gasteiger partial charge is 0.325 e. The quantitative estimate of drug-likeness (QED) is 0.906. The standard InChI is InChI=1S/C17H18N2/c1-17(2,19)11-13-3-7-15(8-4-13)16-9-5-14(12-18)6-10-16/h3-10H,11,19H2,1-2H3. The molecule has 2 aromatic rings. The van der Waals surface area contributed by atoms with E-state index in [1.54, 1.807) is 0 Å². The molecule has 2 N–H and O–H groups in total. The number of nitrogens with zero attached hydrogens (tertiary/aromatic N) is 1. The van der Waals surface area contributed by atoms with E-state index >= 15 is 0 Å². The monoisotopic (exact) mass is 250 g/mol. The van der Waals surface area contributed by atoms with Gasteiger partial charge in [-0.05, 0) is 49.1 Å². The highest BCUT2D eigenvalue weighted by molar-refractivity contribution is 5.64. The summed E-state index contributed by atoms with van der Waals surface area (Å²) in [5.74, 6) is 0. The van der Waals surface area contributed by atoms with Crippen molar-refractivity contribution >= 4 is 0 Å². The average molecular weight is 250 g/mol. The fraction of sp³-hybridized carbons (Fsp3) is 0.235. The zero-order valence-electron chi connectivity index (χ0n) is 11.4. The number of hydrogen-bond acceptors (Lipinski definition) is 2. The van der Waals surface area contributed by atoms with E-state index < -0.39 is 0 Å². The van der Waals surface area contributed by atoms with Crippen LogP contribution in [-0.2, 0) is 6.42 Å². The molecule has 96 valence electrons. The number of rotatable bonds is 3. The van der Waals surface area contributed by atoms with E-state index in [0.717, 1.165) is 17.5 Å². The van der Waals surface area contributed by atoms with Crippen LogP contribution in [0.4, 0.5) is 0 Å². The van der Waals surface area contributed by atoms with Gasteiger partial charge in [-0.3, -0.25) is 0 Å². The summed E-state index contributed by atoms with van der Waals surface area (Å²) in [6.45, 7) is 4.06. The molecule has 0 atom stereocenters. The summed E-state index contributed by atoms with van der Waals surface area (Å²) in [4.78, 5) is 0. The topological polar surface area (TPSA) is 49.8 Å². The summed E-state index contributed by atoms with van der Waals surface area (Å²) in [5, 5.41) is 8.78. The lowest BCUT2D eigenvalue weighted by Gasteiger charge is -2.18. The van der Waals surface area contributed by atoms with Crippen molar-refractivity contribution in [2.45, 2.75) is 25.8 Å². The molecule has 2 heteroatoms. The van der Waals surface area contributed by atoms with Gasteiger partial charge < -0.3 is 5.73 Å². The van der Waals surface area contributed by atoms with Gasteiger partial charge in [-0.2, -0.15) is 5.26 Å². The molecule has 2 aromatic carbocycles. The number of benzene rings is 2. The van der Waals surface area contributed by atoms with Crippen LogP contribution in [0.5, 0.6) is 0 Å². The Balaban J connectivity index is 2.20. The van der Waals surface area contributed by atoms with Crippen molar-refractivity contribution in [3.63, 3.8) is 0 Å². The molecular weight excluding hydrogens is 232 g/mol. The third kappa shape index (κ3) is 3.67. The van der Waals surface area contributed by atoms with Gasteiger partial charge in [0.25, 0.3) is 0 Å². The molecule has 19 heavy (non-hydrogen) atoms. The number of nitriles is 1. The molecule has 0 saturated carbocycles. The summed E-state index contributed by atoms with van der Waals surface area (Å²) in [6, 6.07) is 18.2. The zero-order valence-corrected chi connectivity index (χ0v) is 11.4. The molecule has 0 bridgehead atoms. The zero-order chi connectivity index (χ0) is 13.9. The van der Waals surface area contributed by atoms with Gasteiger partial charge in [0.2, 0.25) is 0 Å². The SMILES string of the molecule is CC(C)(N)Cc1ccc(-c2ccc(C#N)cc2)cc1. The first-order valence-corrected chi connectivity index (χ1v) is 6.36. The van der Waals surface area contributed by atoms with Gasteiger partial charge in [-0.25, -0.2) is 0 Å². The van der Waals surface area contributed by atoms with E-state index in [-0.39, 0.29) is 5.54 Å². The van der Waals surface area contributed by atoms with Crippen molar-refractivity contribution in [3.8, 4) is 17.2 Å². The van der Waals surface area contributed by atoms with Gasteiger partial charge in [0, 0.05) is 5.54 Å². The summed E-state index contributed by atoms with van der Waals surface area (Å²) in [7, 11) is 0. The lowest BCUT2D eigenvalue weighted by molar-refractivity contribution is 0.517. The molecule has 0 unspecified atom stereocenters. The molecule has 0 saturated heterocycles. The van der Waals surface area contributed by atoms with Crippen LogP contribution in [0.2, 0.25) is 0 Å². The Morgan fingerprint density at radius 2 is 1.42 bits per heavy atom. The van der Waals surface area contributed by atoms with Gasteiger partial charge in [0.15, 0.2) is 0 Å². The Hall–Kier alpha value is -2.11. The Labute approximate surface area is 114 Å². The fourth-order valence-electron chi connectivity index (χ4n) is 2.08. The first-order valence-electron chi connectivity index (χ1n) is 6.36. The van der Waals surface area contributed by atoms with Crippen molar-refractivity contribution in [1.82, 2.24) is 0 Å². The molecule has 0 spiro atoms. The summed E-state index contributed by atoms with van der Waals surface area (Å²) in [5.41, 5.74) is 10.0. The Morgan fingerprint density at radius 1 is 0.947 bits per heavy atom. The second-order valence-electron chi connectivity index (χ2n) is 5.55. The van der Waals surface area contributed by atoms with Crippen LogP contribution >= 0.6 is 0 Å². The molecular formula is C17H18N2. The van der Waals surface area contributed by atoms with E-state index in [9.17, 15) is 0 Å². The summed E-state index contributed by atoms with van der Waals surface area (Å²) >= 11 is 0. The van der Waals surface area contributed by atoms with Gasteiger partial charge in [-0.15, -0.1) is 0 Å². The molecule has 0 radical (unpaired) electrons. The van der Waals surface area contributed by atoms with Gasteiger partial charge in [0.05, 0.1) is 11.6 Å². The highest BCUT2D eigenvalue weighted by Gasteiger charge is 2.11.